The summed E-state index contributed by atoms with van der Waals surface area (Å²) in [5, 5.41) is 2.75. The summed E-state index contributed by atoms with van der Waals surface area (Å²) in [6, 6.07) is 3.25. The van der Waals surface area contributed by atoms with Crippen molar-refractivity contribution in [2.24, 2.45) is 0 Å². The Labute approximate surface area is 162 Å². The van der Waals surface area contributed by atoms with Crippen LogP contribution in [-0.4, -0.2) is 43.9 Å². The number of carbonyl (C=O) groups is 2. The molecule has 1 amide bonds. The molecule has 1 saturated heterocycles. The third-order valence-corrected chi connectivity index (χ3v) is 4.28. The number of piperidine rings is 1. The maximum atomic E-state index is 13.5. The van der Waals surface area contributed by atoms with Crippen LogP contribution in [0, 0.1) is 0 Å². The first-order chi connectivity index (χ1) is 12.9. The average molecular weight is 402 g/mol. The summed E-state index contributed by atoms with van der Waals surface area (Å²) in [6.07, 6.45) is -4.18. The van der Waals surface area contributed by atoms with Gasteiger partial charge in [0.2, 0.25) is 0 Å². The molecule has 1 aromatic carbocycles. The number of hydrogen-bond donors (Lipinski definition) is 1. The molecule has 1 aromatic rings. The third kappa shape index (κ3) is 5.77. The lowest BCUT2D eigenvalue weighted by atomic mass is 10.0. The number of benzene rings is 1. The molecule has 0 spiro atoms. The maximum absolute atomic E-state index is 13.5. The Balaban J connectivity index is 2.09. The van der Waals surface area contributed by atoms with Crippen molar-refractivity contribution in [2.45, 2.75) is 51.4 Å². The van der Waals surface area contributed by atoms with E-state index in [0.717, 1.165) is 13.2 Å². The highest BCUT2D eigenvalue weighted by Gasteiger charge is 2.36. The number of amides is 1. The van der Waals surface area contributed by atoms with Crippen LogP contribution < -0.4 is 10.2 Å². The number of halogens is 3. The fraction of sp³-hybridized carbons (Fsp3) is 0.579. The standard InChI is InChI=1S/C19H25F3N2O4/c1-18(2,3)28-17(26)23-13-7-9-24(10-8-13)15-6-5-12(16(25)27-4)11-14(15)19(20,21)22/h5-6,11,13H,7-10H2,1-4H3,(H,23,26). The van der Waals surface area contributed by atoms with Crippen LogP contribution in [-0.2, 0) is 15.7 Å². The number of anilines is 1. The third-order valence-electron chi connectivity index (χ3n) is 4.28. The van der Waals surface area contributed by atoms with Crippen LogP contribution in [0.15, 0.2) is 18.2 Å². The van der Waals surface area contributed by atoms with Crippen molar-refractivity contribution in [1.82, 2.24) is 5.32 Å². The van der Waals surface area contributed by atoms with E-state index in [4.69, 9.17) is 4.74 Å². The van der Waals surface area contributed by atoms with Gasteiger partial charge < -0.3 is 19.7 Å². The molecule has 0 radical (unpaired) electrons. The van der Waals surface area contributed by atoms with E-state index in [1.807, 2.05) is 0 Å². The number of nitrogens with zero attached hydrogens (tertiary/aromatic N) is 1. The van der Waals surface area contributed by atoms with Crippen LogP contribution in [0.2, 0.25) is 0 Å². The molecule has 0 saturated carbocycles. The van der Waals surface area contributed by atoms with Gasteiger partial charge in [0, 0.05) is 24.8 Å². The average Bonchev–Trinajstić information content (AvgIpc) is 2.59. The van der Waals surface area contributed by atoms with Crippen molar-refractivity contribution >= 4 is 17.7 Å². The zero-order valence-corrected chi connectivity index (χ0v) is 16.4. The van der Waals surface area contributed by atoms with E-state index in [1.54, 1.807) is 25.7 Å². The molecule has 6 nitrogen and oxygen atoms in total. The van der Waals surface area contributed by atoms with Gasteiger partial charge in [0.15, 0.2) is 0 Å². The molecule has 1 N–H and O–H groups in total. The van der Waals surface area contributed by atoms with Crippen molar-refractivity contribution in [3.05, 3.63) is 29.3 Å². The van der Waals surface area contributed by atoms with Crippen molar-refractivity contribution in [1.29, 1.82) is 0 Å². The van der Waals surface area contributed by atoms with Crippen LogP contribution >= 0.6 is 0 Å². The first-order valence-electron chi connectivity index (χ1n) is 8.95. The predicted octanol–water partition coefficient (Wildman–Crippen LogP) is 3.99. The van der Waals surface area contributed by atoms with Crippen LogP contribution in [0.25, 0.3) is 0 Å². The molecule has 0 aliphatic carbocycles. The van der Waals surface area contributed by atoms with Gasteiger partial charge in [-0.1, -0.05) is 0 Å². The van der Waals surface area contributed by atoms with Crippen molar-refractivity contribution in [3.63, 3.8) is 0 Å². The minimum atomic E-state index is -4.61. The number of rotatable bonds is 3. The first kappa shape index (κ1) is 21.8. The van der Waals surface area contributed by atoms with Gasteiger partial charge in [-0.25, -0.2) is 9.59 Å². The number of alkyl carbamates (subject to hydrolysis) is 1. The molecule has 0 atom stereocenters. The quantitative estimate of drug-likeness (QED) is 0.775. The van der Waals surface area contributed by atoms with Gasteiger partial charge >= 0.3 is 18.2 Å². The largest absolute Gasteiger partial charge is 0.465 e. The molecular formula is C19H25F3N2O4. The second-order valence-corrected chi connectivity index (χ2v) is 7.63. The second-order valence-electron chi connectivity index (χ2n) is 7.63. The van der Waals surface area contributed by atoms with Gasteiger partial charge in [-0.2, -0.15) is 13.2 Å². The Kier molecular flexibility index (Phi) is 6.46. The maximum Gasteiger partial charge on any atom is 0.418 e. The van der Waals surface area contributed by atoms with Gasteiger partial charge in [-0.05, 0) is 51.8 Å². The van der Waals surface area contributed by atoms with Gasteiger partial charge in [0.1, 0.15) is 5.60 Å². The van der Waals surface area contributed by atoms with E-state index in [0.29, 0.717) is 25.9 Å². The Morgan fingerprint density at radius 1 is 1.14 bits per heavy atom. The van der Waals surface area contributed by atoms with Crippen LogP contribution in [0.1, 0.15) is 49.5 Å². The predicted molar refractivity (Wildman–Crippen MR) is 97.4 cm³/mol. The van der Waals surface area contributed by atoms with Crippen molar-refractivity contribution in [2.75, 3.05) is 25.1 Å². The number of methoxy groups -OCH3 is 1. The molecule has 1 aliphatic heterocycles. The Bertz CT molecular complexity index is 721. The molecule has 0 aromatic heterocycles. The molecule has 2 rings (SSSR count). The Morgan fingerprint density at radius 3 is 2.25 bits per heavy atom. The fourth-order valence-corrected chi connectivity index (χ4v) is 3.02. The van der Waals surface area contributed by atoms with E-state index in [1.165, 1.54) is 12.1 Å². The van der Waals surface area contributed by atoms with E-state index >= 15 is 0 Å². The molecule has 28 heavy (non-hydrogen) atoms. The zero-order chi connectivity index (χ0) is 21.1. The number of carbonyl (C=O) groups excluding carboxylic acids is 2. The molecule has 1 fully saturated rings. The molecule has 0 bridgehead atoms. The SMILES string of the molecule is COC(=O)c1ccc(N2CCC(NC(=O)OC(C)(C)C)CC2)c(C(F)(F)F)c1. The first-order valence-corrected chi connectivity index (χ1v) is 8.95. The summed E-state index contributed by atoms with van der Waals surface area (Å²) in [6.45, 7) is 5.94. The lowest BCUT2D eigenvalue weighted by Crippen LogP contribution is -2.46. The van der Waals surface area contributed by atoms with E-state index < -0.39 is 29.4 Å². The highest BCUT2D eigenvalue weighted by molar-refractivity contribution is 5.90. The van der Waals surface area contributed by atoms with Crippen LogP contribution in [0.3, 0.4) is 0 Å². The van der Waals surface area contributed by atoms with E-state index in [2.05, 4.69) is 10.1 Å². The molecule has 156 valence electrons. The van der Waals surface area contributed by atoms with Crippen molar-refractivity contribution < 1.29 is 32.2 Å². The minimum Gasteiger partial charge on any atom is -0.465 e. The summed E-state index contributed by atoms with van der Waals surface area (Å²) in [5.74, 6) is -0.822. The summed E-state index contributed by atoms with van der Waals surface area (Å²) in [7, 11) is 1.12. The van der Waals surface area contributed by atoms with E-state index in [-0.39, 0.29) is 17.3 Å². The van der Waals surface area contributed by atoms with Crippen LogP contribution in [0.5, 0.6) is 0 Å². The van der Waals surface area contributed by atoms with Gasteiger partial charge in [-0.3, -0.25) is 0 Å². The van der Waals surface area contributed by atoms with E-state index in [9.17, 15) is 22.8 Å². The molecule has 9 heteroatoms. The molecule has 1 aliphatic rings. The highest BCUT2D eigenvalue weighted by atomic mass is 19.4. The lowest BCUT2D eigenvalue weighted by molar-refractivity contribution is -0.137. The summed E-state index contributed by atoms with van der Waals surface area (Å²) in [4.78, 5) is 25.0. The van der Waals surface area contributed by atoms with Crippen molar-refractivity contribution in [3.8, 4) is 0 Å². The fourth-order valence-electron chi connectivity index (χ4n) is 3.02. The van der Waals surface area contributed by atoms with Gasteiger partial charge in [0.25, 0.3) is 0 Å². The second kappa shape index (κ2) is 8.28. The number of ether oxygens (including phenoxy) is 2. The lowest BCUT2D eigenvalue weighted by Gasteiger charge is -2.35. The van der Waals surface area contributed by atoms with Crippen LogP contribution in [0.4, 0.5) is 23.7 Å². The summed E-state index contributed by atoms with van der Waals surface area (Å²) in [5.41, 5.74) is -1.64. The normalized spacial score (nSPS) is 15.9. The topological polar surface area (TPSA) is 67.9 Å². The molecular weight excluding hydrogens is 377 g/mol. The number of esters is 1. The highest BCUT2D eigenvalue weighted by Crippen LogP contribution is 2.38. The monoisotopic (exact) mass is 402 g/mol. The zero-order valence-electron chi connectivity index (χ0n) is 16.4. The summed E-state index contributed by atoms with van der Waals surface area (Å²) < 4.78 is 50.2. The summed E-state index contributed by atoms with van der Waals surface area (Å²) >= 11 is 0. The Hall–Kier alpha value is -2.45. The number of nitrogens with one attached hydrogen (secondary N) is 1. The number of alkyl halides is 3. The smallest absolute Gasteiger partial charge is 0.418 e. The number of hydrogen-bond acceptors (Lipinski definition) is 5. The molecule has 1 heterocycles. The van der Waals surface area contributed by atoms with Gasteiger partial charge in [0.05, 0.1) is 18.2 Å². The molecule has 0 unspecified atom stereocenters. The Morgan fingerprint density at radius 2 is 1.75 bits per heavy atom. The minimum absolute atomic E-state index is 0.0101. The van der Waals surface area contributed by atoms with Gasteiger partial charge in [-0.15, -0.1) is 0 Å².